The quantitative estimate of drug-likeness (QED) is 0.322. The number of H-pyrrole nitrogens is 2. The molecule has 6 rings (SSSR count). The lowest BCUT2D eigenvalue weighted by atomic mass is 9.98. The molecule has 0 spiro atoms. The van der Waals surface area contributed by atoms with Crippen LogP contribution in [-0.2, 0) is 6.42 Å². The van der Waals surface area contributed by atoms with Gasteiger partial charge in [0.15, 0.2) is 0 Å². The highest BCUT2D eigenvalue weighted by Gasteiger charge is 2.15. The van der Waals surface area contributed by atoms with Gasteiger partial charge in [-0.1, -0.05) is 24.3 Å². The van der Waals surface area contributed by atoms with Crippen LogP contribution in [0.25, 0.3) is 43.4 Å². The molecule has 29 heavy (non-hydrogen) atoms. The molecule has 0 aliphatic rings. The second-order valence-corrected chi connectivity index (χ2v) is 8.18. The number of hydrogen-bond acceptors (Lipinski definition) is 0. The minimum atomic E-state index is 0.960. The van der Waals surface area contributed by atoms with E-state index in [1.54, 1.807) is 0 Å². The first-order valence-electron chi connectivity index (χ1n) is 10.2. The Labute approximate surface area is 169 Å². The molecule has 0 radical (unpaired) electrons. The monoisotopic (exact) mass is 374 g/mol. The van der Waals surface area contributed by atoms with E-state index in [-0.39, 0.29) is 0 Å². The molecule has 0 unspecified atom stereocenters. The van der Waals surface area contributed by atoms with E-state index in [1.165, 1.54) is 65.6 Å². The normalized spacial score (nSPS) is 11.9. The van der Waals surface area contributed by atoms with Gasteiger partial charge in [-0.25, -0.2) is 0 Å². The zero-order valence-corrected chi connectivity index (χ0v) is 16.6. The first-order valence-corrected chi connectivity index (χ1v) is 10.2. The lowest BCUT2D eigenvalue weighted by Crippen LogP contribution is -1.91. The van der Waals surface area contributed by atoms with Crippen molar-refractivity contribution in [1.29, 1.82) is 0 Å². The molecule has 6 aromatic rings. The van der Waals surface area contributed by atoms with E-state index < -0.39 is 0 Å². The second kappa shape index (κ2) is 5.99. The first-order chi connectivity index (χ1) is 14.2. The summed E-state index contributed by atoms with van der Waals surface area (Å²) in [4.78, 5) is 6.79. The Morgan fingerprint density at radius 2 is 1.07 bits per heavy atom. The molecule has 0 atom stereocenters. The molecule has 0 amide bonds. The highest BCUT2D eigenvalue weighted by molar-refractivity contribution is 6.02. The van der Waals surface area contributed by atoms with Crippen LogP contribution in [-0.4, -0.2) is 9.97 Å². The smallest absolute Gasteiger partial charge is 0.0459 e. The van der Waals surface area contributed by atoms with Gasteiger partial charge in [0.2, 0.25) is 0 Å². The Balaban J connectivity index is 1.57. The van der Waals surface area contributed by atoms with Crippen molar-refractivity contribution in [2.45, 2.75) is 20.3 Å². The zero-order valence-electron chi connectivity index (χ0n) is 16.6. The van der Waals surface area contributed by atoms with Gasteiger partial charge in [0.1, 0.15) is 0 Å². The summed E-state index contributed by atoms with van der Waals surface area (Å²) in [5.41, 5.74) is 8.00. The topological polar surface area (TPSA) is 31.6 Å². The van der Waals surface area contributed by atoms with Crippen LogP contribution in [0.3, 0.4) is 0 Å². The van der Waals surface area contributed by atoms with Gasteiger partial charge < -0.3 is 9.97 Å². The van der Waals surface area contributed by atoms with Crippen molar-refractivity contribution in [3.8, 4) is 0 Å². The van der Waals surface area contributed by atoms with Crippen molar-refractivity contribution < 1.29 is 0 Å². The average Bonchev–Trinajstić information content (AvgIpc) is 3.20. The van der Waals surface area contributed by atoms with Crippen molar-refractivity contribution in [1.82, 2.24) is 9.97 Å². The molecule has 4 aromatic carbocycles. The highest BCUT2D eigenvalue weighted by Crippen LogP contribution is 2.35. The molecule has 0 saturated carbocycles. The van der Waals surface area contributed by atoms with Crippen molar-refractivity contribution in [3.05, 3.63) is 95.3 Å². The molecule has 2 aromatic heterocycles. The van der Waals surface area contributed by atoms with Gasteiger partial charge in [0, 0.05) is 23.4 Å². The van der Waals surface area contributed by atoms with Gasteiger partial charge >= 0.3 is 0 Å². The summed E-state index contributed by atoms with van der Waals surface area (Å²) in [6.45, 7) is 4.49. The van der Waals surface area contributed by atoms with Gasteiger partial charge in [-0.15, -0.1) is 0 Å². The number of aromatic amines is 2. The number of benzene rings is 2. The van der Waals surface area contributed by atoms with E-state index in [0.29, 0.717) is 0 Å². The third-order valence-electron chi connectivity index (χ3n) is 6.36. The molecule has 2 nitrogen and oxygen atoms in total. The lowest BCUT2D eigenvalue weighted by molar-refractivity contribution is 1.19. The van der Waals surface area contributed by atoms with Crippen LogP contribution in [0.5, 0.6) is 0 Å². The molecule has 2 N–H and O–H groups in total. The van der Waals surface area contributed by atoms with Gasteiger partial charge in [0.25, 0.3) is 0 Å². The van der Waals surface area contributed by atoms with Crippen molar-refractivity contribution in [3.63, 3.8) is 0 Å². The maximum absolute atomic E-state index is 3.40. The van der Waals surface area contributed by atoms with E-state index in [4.69, 9.17) is 0 Å². The number of pyridine rings is 2. The van der Waals surface area contributed by atoms with E-state index in [9.17, 15) is 0 Å². The van der Waals surface area contributed by atoms with Crippen LogP contribution in [0.1, 0.15) is 22.3 Å². The number of rotatable bonds is 2. The van der Waals surface area contributed by atoms with Crippen molar-refractivity contribution in [2.24, 2.45) is 0 Å². The van der Waals surface area contributed by atoms with E-state index in [2.05, 4.69) is 84.5 Å². The summed E-state index contributed by atoms with van der Waals surface area (Å²) in [5, 5.41) is 7.90. The summed E-state index contributed by atoms with van der Waals surface area (Å²) >= 11 is 0. The van der Waals surface area contributed by atoms with Crippen LogP contribution in [0.15, 0.2) is 73.1 Å². The second-order valence-electron chi connectivity index (χ2n) is 8.18. The van der Waals surface area contributed by atoms with Gasteiger partial charge in [0.05, 0.1) is 0 Å². The van der Waals surface area contributed by atoms with Crippen molar-refractivity contribution in [2.75, 3.05) is 0 Å². The predicted octanol–water partition coefficient (Wildman–Crippen LogP) is 7.16. The molecule has 0 aliphatic heterocycles. The summed E-state index contributed by atoms with van der Waals surface area (Å²) in [6.07, 6.45) is 4.96. The predicted molar refractivity (Wildman–Crippen MR) is 124 cm³/mol. The first kappa shape index (κ1) is 16.4. The molecule has 0 fully saturated rings. The molecular formula is C27H22N2. The fraction of sp³-hybridized carbons (Fsp3) is 0.111. The molecule has 140 valence electrons. The minimum absolute atomic E-state index is 0.960. The van der Waals surface area contributed by atoms with E-state index >= 15 is 0 Å². The van der Waals surface area contributed by atoms with Gasteiger partial charge in [-0.3, -0.25) is 0 Å². The molecule has 0 bridgehead atoms. The number of aromatic nitrogens is 2. The fourth-order valence-corrected chi connectivity index (χ4v) is 4.85. The number of nitrogens with one attached hydrogen (secondary N) is 2. The maximum Gasteiger partial charge on any atom is 0.0459 e. The zero-order chi connectivity index (χ0) is 19.5. The summed E-state index contributed by atoms with van der Waals surface area (Å²) in [7, 11) is 0. The minimum Gasteiger partial charge on any atom is -0.361 e. The molecule has 0 aliphatic carbocycles. The number of hydrogen-bond donors (Lipinski definition) is 2. The van der Waals surface area contributed by atoms with Crippen LogP contribution in [0.2, 0.25) is 0 Å². The maximum atomic E-state index is 3.40. The Bertz CT molecular complexity index is 1430. The highest BCUT2D eigenvalue weighted by atomic mass is 14.6. The van der Waals surface area contributed by atoms with E-state index in [1.807, 2.05) is 12.4 Å². The van der Waals surface area contributed by atoms with E-state index in [0.717, 1.165) is 6.42 Å². The van der Waals surface area contributed by atoms with Crippen LogP contribution in [0.4, 0.5) is 0 Å². The molecule has 0 saturated heterocycles. The largest absolute Gasteiger partial charge is 0.361 e. The third-order valence-corrected chi connectivity index (χ3v) is 6.36. The number of aryl methyl sites for hydroxylation is 2. The third kappa shape index (κ3) is 2.49. The summed E-state index contributed by atoms with van der Waals surface area (Å²) in [5.74, 6) is 0. The van der Waals surface area contributed by atoms with Crippen molar-refractivity contribution >= 4 is 43.4 Å². The Morgan fingerprint density at radius 1 is 0.586 bits per heavy atom. The Hall–Kier alpha value is -3.52. The van der Waals surface area contributed by atoms with Crippen LogP contribution < -0.4 is 0 Å². The average molecular weight is 374 g/mol. The van der Waals surface area contributed by atoms with Gasteiger partial charge in [-0.2, -0.15) is 0 Å². The molecule has 2 heteroatoms. The standard InChI is InChI=1S/C27H22N2/c1-16-9-20-11-18-5-3-7-28-26(18)14-24(20)22(16)13-23-17(2)10-21-12-19-6-4-8-29-27(19)15-25(21)23/h3-12,14-15,28-29H,13H2,1-2H3. The Kier molecular flexibility index (Phi) is 3.39. The SMILES string of the molecule is Cc1cc2cc3ccc[nH]c3cc2c1Cc1c(C)cc2cc3ccc[nH]c3cc12. The Morgan fingerprint density at radius 3 is 1.55 bits per heavy atom. The van der Waals surface area contributed by atoms with Gasteiger partial charge in [-0.05, 0) is 111 Å². The number of fused-ring (bicyclic) bond motifs is 4. The molecular weight excluding hydrogens is 352 g/mol. The van der Waals surface area contributed by atoms with Crippen LogP contribution >= 0.6 is 0 Å². The summed E-state index contributed by atoms with van der Waals surface area (Å²) in [6, 6.07) is 22.4. The lowest BCUT2D eigenvalue weighted by Gasteiger charge is -2.07. The van der Waals surface area contributed by atoms with Crippen LogP contribution in [0, 0.1) is 13.8 Å². The fourth-order valence-electron chi connectivity index (χ4n) is 4.85. The molecule has 2 heterocycles. The summed E-state index contributed by atoms with van der Waals surface area (Å²) < 4.78 is 0.